The number of rotatable bonds is 10. The molecule has 1 aromatic rings. The van der Waals surface area contributed by atoms with E-state index in [0.29, 0.717) is 23.9 Å². The fourth-order valence-corrected chi connectivity index (χ4v) is 3.29. The molecule has 2 amide bonds. The van der Waals surface area contributed by atoms with E-state index in [4.69, 9.17) is 21.4 Å². The third-order valence-electron chi connectivity index (χ3n) is 4.79. The first-order valence-corrected chi connectivity index (χ1v) is 9.72. The summed E-state index contributed by atoms with van der Waals surface area (Å²) >= 11 is 6.10. The van der Waals surface area contributed by atoms with E-state index in [1.165, 1.54) is 0 Å². The SMILES string of the molecule is CCC(CNC(=O)NC1CC(N(CC)CC(=O)O)C1)Oc1ccccc1Cl. The van der Waals surface area contributed by atoms with E-state index in [9.17, 15) is 9.59 Å². The van der Waals surface area contributed by atoms with Crippen molar-refractivity contribution < 1.29 is 19.4 Å². The molecule has 0 spiro atoms. The first-order chi connectivity index (χ1) is 12.9. The average Bonchev–Trinajstić information content (AvgIpc) is 2.61. The molecule has 7 nitrogen and oxygen atoms in total. The molecule has 3 N–H and O–H groups in total. The number of para-hydroxylation sites is 1. The standard InChI is InChI=1S/C19H28ClN3O4/c1-3-15(27-17-8-6-5-7-16(17)20)11-21-19(26)22-13-9-14(10-13)23(4-2)12-18(24)25/h5-8,13-15H,3-4,9-12H2,1-2H3,(H,24,25)(H2,21,22,26). The topological polar surface area (TPSA) is 90.9 Å². The van der Waals surface area contributed by atoms with Crippen molar-refractivity contribution >= 4 is 23.6 Å². The molecule has 27 heavy (non-hydrogen) atoms. The zero-order chi connectivity index (χ0) is 19.8. The van der Waals surface area contributed by atoms with E-state index < -0.39 is 5.97 Å². The zero-order valence-corrected chi connectivity index (χ0v) is 16.5. The number of hydrogen-bond donors (Lipinski definition) is 3. The van der Waals surface area contributed by atoms with Crippen molar-refractivity contribution in [3.63, 3.8) is 0 Å². The van der Waals surface area contributed by atoms with Crippen LogP contribution in [0.4, 0.5) is 4.79 Å². The summed E-state index contributed by atoms with van der Waals surface area (Å²) in [5.41, 5.74) is 0. The highest BCUT2D eigenvalue weighted by molar-refractivity contribution is 6.32. The van der Waals surface area contributed by atoms with Gasteiger partial charge in [0.2, 0.25) is 0 Å². The van der Waals surface area contributed by atoms with Gasteiger partial charge < -0.3 is 20.5 Å². The van der Waals surface area contributed by atoms with Crippen LogP contribution in [-0.4, -0.2) is 59.8 Å². The smallest absolute Gasteiger partial charge is 0.317 e. The highest BCUT2D eigenvalue weighted by Crippen LogP contribution is 2.26. The number of benzene rings is 1. The number of aliphatic carboxylic acids is 1. The van der Waals surface area contributed by atoms with E-state index in [1.54, 1.807) is 12.1 Å². The van der Waals surface area contributed by atoms with E-state index in [2.05, 4.69) is 10.6 Å². The Hall–Kier alpha value is -1.99. The van der Waals surface area contributed by atoms with Crippen LogP contribution in [0.15, 0.2) is 24.3 Å². The van der Waals surface area contributed by atoms with Crippen molar-refractivity contribution in [3.8, 4) is 5.75 Å². The molecular weight excluding hydrogens is 370 g/mol. The van der Waals surface area contributed by atoms with Gasteiger partial charge in [0.15, 0.2) is 0 Å². The van der Waals surface area contributed by atoms with Crippen molar-refractivity contribution in [1.29, 1.82) is 0 Å². The molecule has 0 heterocycles. The predicted octanol–water partition coefficient (Wildman–Crippen LogP) is 2.73. The molecule has 0 radical (unpaired) electrons. The van der Waals surface area contributed by atoms with E-state index in [-0.39, 0.29) is 30.8 Å². The van der Waals surface area contributed by atoms with E-state index >= 15 is 0 Å². The molecule has 8 heteroatoms. The first kappa shape index (κ1) is 21.3. The molecule has 0 aliphatic heterocycles. The summed E-state index contributed by atoms with van der Waals surface area (Å²) in [6.45, 7) is 5.04. The number of ether oxygens (including phenoxy) is 1. The molecule has 1 saturated carbocycles. The maximum absolute atomic E-state index is 12.1. The molecule has 1 unspecified atom stereocenters. The summed E-state index contributed by atoms with van der Waals surface area (Å²) < 4.78 is 5.85. The van der Waals surface area contributed by atoms with Crippen molar-refractivity contribution in [2.45, 2.75) is 51.3 Å². The first-order valence-electron chi connectivity index (χ1n) is 9.34. The lowest BCUT2D eigenvalue weighted by molar-refractivity contribution is -0.139. The number of urea groups is 1. The summed E-state index contributed by atoms with van der Waals surface area (Å²) in [6, 6.07) is 7.30. The number of carboxylic acids is 1. The number of hydrogen-bond acceptors (Lipinski definition) is 4. The minimum absolute atomic E-state index is 0.0393. The van der Waals surface area contributed by atoms with Crippen molar-refractivity contribution in [2.24, 2.45) is 0 Å². The van der Waals surface area contributed by atoms with Gasteiger partial charge in [-0.3, -0.25) is 9.69 Å². The van der Waals surface area contributed by atoms with Gasteiger partial charge >= 0.3 is 12.0 Å². The third-order valence-corrected chi connectivity index (χ3v) is 5.10. The molecule has 0 saturated heterocycles. The number of carboxylic acid groups (broad SMARTS) is 1. The van der Waals surface area contributed by atoms with Crippen LogP contribution in [0.5, 0.6) is 5.75 Å². The Morgan fingerprint density at radius 3 is 2.63 bits per heavy atom. The second-order valence-electron chi connectivity index (χ2n) is 6.71. The Balaban J connectivity index is 1.70. The zero-order valence-electron chi connectivity index (χ0n) is 15.8. The van der Waals surface area contributed by atoms with Gasteiger partial charge in [-0.15, -0.1) is 0 Å². The molecule has 150 valence electrons. The number of carbonyl (C=O) groups excluding carboxylic acids is 1. The van der Waals surface area contributed by atoms with Crippen LogP contribution in [0.25, 0.3) is 0 Å². The van der Waals surface area contributed by atoms with Crippen LogP contribution in [0.1, 0.15) is 33.1 Å². The summed E-state index contributed by atoms with van der Waals surface area (Å²) in [6.07, 6.45) is 2.09. The molecule has 2 rings (SSSR count). The van der Waals surface area contributed by atoms with Gasteiger partial charge in [0, 0.05) is 12.1 Å². The lowest BCUT2D eigenvalue weighted by atomic mass is 9.85. The number of nitrogens with one attached hydrogen (secondary N) is 2. The second-order valence-corrected chi connectivity index (χ2v) is 7.12. The fourth-order valence-electron chi connectivity index (χ4n) is 3.11. The maximum Gasteiger partial charge on any atom is 0.317 e. The summed E-state index contributed by atoms with van der Waals surface area (Å²) in [5.74, 6) is -0.219. The van der Waals surface area contributed by atoms with Gasteiger partial charge in [0.25, 0.3) is 0 Å². The number of nitrogens with zero attached hydrogens (tertiary/aromatic N) is 1. The molecule has 1 aromatic carbocycles. The van der Waals surface area contributed by atoms with Gasteiger partial charge in [-0.1, -0.05) is 37.6 Å². The molecule has 1 aliphatic carbocycles. The number of halogens is 1. The van der Waals surface area contributed by atoms with Crippen LogP contribution in [-0.2, 0) is 4.79 Å². The van der Waals surface area contributed by atoms with Gasteiger partial charge in [0.05, 0.1) is 18.1 Å². The Labute approximate surface area is 165 Å². The van der Waals surface area contributed by atoms with Crippen molar-refractivity contribution in [2.75, 3.05) is 19.6 Å². The van der Waals surface area contributed by atoms with E-state index in [1.807, 2.05) is 30.9 Å². The molecule has 1 atom stereocenters. The largest absolute Gasteiger partial charge is 0.487 e. The Morgan fingerprint density at radius 1 is 1.33 bits per heavy atom. The van der Waals surface area contributed by atoms with Crippen LogP contribution in [0, 0.1) is 0 Å². The van der Waals surface area contributed by atoms with Crippen LogP contribution in [0.3, 0.4) is 0 Å². The number of amides is 2. The van der Waals surface area contributed by atoms with Crippen molar-refractivity contribution in [3.05, 3.63) is 29.3 Å². The summed E-state index contributed by atoms with van der Waals surface area (Å²) in [5, 5.41) is 15.2. The van der Waals surface area contributed by atoms with Gasteiger partial charge in [-0.25, -0.2) is 4.79 Å². The van der Waals surface area contributed by atoms with Gasteiger partial charge in [-0.2, -0.15) is 0 Å². The quantitative estimate of drug-likeness (QED) is 0.564. The maximum atomic E-state index is 12.1. The second kappa shape index (κ2) is 10.4. The normalized spacial score (nSPS) is 19.9. The molecular formula is C19H28ClN3O4. The Morgan fingerprint density at radius 2 is 2.04 bits per heavy atom. The van der Waals surface area contributed by atoms with Crippen LogP contribution < -0.4 is 15.4 Å². The lowest BCUT2D eigenvalue weighted by Crippen LogP contribution is -2.56. The summed E-state index contributed by atoms with van der Waals surface area (Å²) in [4.78, 5) is 24.9. The van der Waals surface area contributed by atoms with Crippen molar-refractivity contribution in [1.82, 2.24) is 15.5 Å². The highest BCUT2D eigenvalue weighted by Gasteiger charge is 2.34. The summed E-state index contributed by atoms with van der Waals surface area (Å²) in [7, 11) is 0. The fraction of sp³-hybridized carbons (Fsp3) is 0.579. The van der Waals surface area contributed by atoms with E-state index in [0.717, 1.165) is 19.3 Å². The predicted molar refractivity (Wildman–Crippen MR) is 104 cm³/mol. The minimum Gasteiger partial charge on any atom is -0.487 e. The number of carbonyl (C=O) groups is 2. The molecule has 0 aromatic heterocycles. The highest BCUT2D eigenvalue weighted by atomic mass is 35.5. The van der Waals surface area contributed by atoms with Crippen LogP contribution >= 0.6 is 11.6 Å². The molecule has 0 bridgehead atoms. The third kappa shape index (κ3) is 6.59. The van der Waals surface area contributed by atoms with Gasteiger partial charge in [-0.05, 0) is 37.9 Å². The molecule has 1 aliphatic rings. The number of likely N-dealkylation sites (N-methyl/N-ethyl adjacent to an activating group) is 1. The lowest BCUT2D eigenvalue weighted by Gasteiger charge is -2.42. The molecule has 1 fully saturated rings. The minimum atomic E-state index is -0.824. The Bertz CT molecular complexity index is 637. The Kier molecular flexibility index (Phi) is 8.19. The monoisotopic (exact) mass is 397 g/mol. The van der Waals surface area contributed by atoms with Crippen LogP contribution in [0.2, 0.25) is 5.02 Å². The average molecular weight is 398 g/mol. The van der Waals surface area contributed by atoms with Gasteiger partial charge in [0.1, 0.15) is 11.9 Å².